The number of rotatable bonds is 3. The number of hydrogen-bond acceptors (Lipinski definition) is 2. The molecule has 0 aliphatic carbocycles. The molecule has 2 nitrogen and oxygen atoms in total. The van der Waals surface area contributed by atoms with Gasteiger partial charge in [0.15, 0.2) is 0 Å². The maximum atomic E-state index is 12.0. The Morgan fingerprint density at radius 1 is 1.58 bits per heavy atom. The van der Waals surface area contributed by atoms with E-state index in [1.54, 1.807) is 0 Å². The summed E-state index contributed by atoms with van der Waals surface area (Å²) in [4.78, 5) is 2.11. The summed E-state index contributed by atoms with van der Waals surface area (Å²) in [6, 6.07) is 0. The molecule has 1 rings (SSSR count). The van der Waals surface area contributed by atoms with Gasteiger partial charge in [-0.3, -0.25) is 4.90 Å². The molecule has 1 aliphatic heterocycles. The van der Waals surface area contributed by atoms with Crippen LogP contribution in [0.25, 0.3) is 0 Å². The summed E-state index contributed by atoms with van der Waals surface area (Å²) < 4.78 is 17.6. The molecule has 0 aromatic rings. The Labute approximate surface area is 81.2 Å². The predicted octanol–water partition coefficient (Wildman–Crippen LogP) is 1.44. The Bertz CT molecular complexity index is 136. The van der Waals surface area contributed by atoms with Gasteiger partial charge in [0.2, 0.25) is 0 Å². The van der Waals surface area contributed by atoms with Crippen molar-refractivity contribution >= 4 is 15.9 Å². The minimum atomic E-state index is -0.262. The maximum absolute atomic E-state index is 12.0. The van der Waals surface area contributed by atoms with E-state index in [0.717, 1.165) is 18.4 Å². The zero-order valence-corrected chi connectivity index (χ0v) is 8.89. The van der Waals surface area contributed by atoms with Gasteiger partial charge in [-0.1, -0.05) is 15.9 Å². The minimum absolute atomic E-state index is 0.222. The second kappa shape index (κ2) is 5.14. The molecule has 1 saturated heterocycles. The zero-order chi connectivity index (χ0) is 8.97. The number of ether oxygens (including phenoxy) is 1. The summed E-state index contributed by atoms with van der Waals surface area (Å²) in [6.07, 6.45) is 0.452. The molecule has 2 unspecified atom stereocenters. The van der Waals surface area contributed by atoms with Gasteiger partial charge in [-0.15, -0.1) is 0 Å². The van der Waals surface area contributed by atoms with Gasteiger partial charge in [-0.05, 0) is 6.92 Å². The van der Waals surface area contributed by atoms with Crippen LogP contribution in [0.5, 0.6) is 0 Å². The van der Waals surface area contributed by atoms with Gasteiger partial charge in [-0.25, -0.2) is 4.39 Å². The molecular formula is C8H15BrFNO. The monoisotopic (exact) mass is 239 g/mol. The lowest BCUT2D eigenvalue weighted by Gasteiger charge is -2.35. The van der Waals surface area contributed by atoms with E-state index in [1.807, 2.05) is 6.92 Å². The summed E-state index contributed by atoms with van der Waals surface area (Å²) in [5, 5.41) is 0.833. The Morgan fingerprint density at radius 2 is 2.33 bits per heavy atom. The van der Waals surface area contributed by atoms with Crippen molar-refractivity contribution in [3.8, 4) is 0 Å². The SMILES string of the molecule is CC1CN(CCF)CC(CBr)O1. The molecular weight excluding hydrogens is 225 g/mol. The van der Waals surface area contributed by atoms with E-state index in [2.05, 4.69) is 20.8 Å². The molecule has 0 bridgehead atoms. The van der Waals surface area contributed by atoms with Crippen LogP contribution >= 0.6 is 15.9 Å². The Hall–Kier alpha value is 0.330. The number of alkyl halides is 2. The molecule has 0 radical (unpaired) electrons. The third-order valence-corrected chi connectivity index (χ3v) is 2.70. The van der Waals surface area contributed by atoms with Crippen LogP contribution in [0, 0.1) is 0 Å². The average molecular weight is 240 g/mol. The fraction of sp³-hybridized carbons (Fsp3) is 1.00. The fourth-order valence-electron chi connectivity index (χ4n) is 1.53. The lowest BCUT2D eigenvalue weighted by Crippen LogP contribution is -2.47. The molecule has 1 heterocycles. The van der Waals surface area contributed by atoms with Crippen LogP contribution in [0.15, 0.2) is 0 Å². The molecule has 1 aliphatic rings. The van der Waals surface area contributed by atoms with Crippen molar-refractivity contribution in [2.75, 3.05) is 31.6 Å². The smallest absolute Gasteiger partial charge is 0.102 e. The van der Waals surface area contributed by atoms with Crippen molar-refractivity contribution < 1.29 is 9.13 Å². The molecule has 2 atom stereocenters. The number of morpholine rings is 1. The van der Waals surface area contributed by atoms with E-state index < -0.39 is 0 Å². The van der Waals surface area contributed by atoms with Crippen molar-refractivity contribution in [2.45, 2.75) is 19.1 Å². The van der Waals surface area contributed by atoms with Crippen molar-refractivity contribution in [3.63, 3.8) is 0 Å². The Balaban J connectivity index is 2.34. The number of hydrogen-bond donors (Lipinski definition) is 0. The average Bonchev–Trinajstić information content (AvgIpc) is 2.04. The van der Waals surface area contributed by atoms with E-state index in [4.69, 9.17) is 4.74 Å². The van der Waals surface area contributed by atoms with E-state index in [0.29, 0.717) is 6.54 Å². The molecule has 0 amide bonds. The van der Waals surface area contributed by atoms with Crippen LogP contribution in [0.3, 0.4) is 0 Å². The van der Waals surface area contributed by atoms with Gasteiger partial charge < -0.3 is 4.74 Å². The standard InChI is InChI=1S/C8H15BrFNO/c1-7-5-11(3-2-10)6-8(4-9)12-7/h7-8H,2-6H2,1H3. The topological polar surface area (TPSA) is 12.5 Å². The summed E-state index contributed by atoms with van der Waals surface area (Å²) in [7, 11) is 0. The highest BCUT2D eigenvalue weighted by molar-refractivity contribution is 9.09. The van der Waals surface area contributed by atoms with Crippen molar-refractivity contribution in [3.05, 3.63) is 0 Å². The van der Waals surface area contributed by atoms with Gasteiger partial charge in [0.25, 0.3) is 0 Å². The Kier molecular flexibility index (Phi) is 4.46. The lowest BCUT2D eigenvalue weighted by atomic mass is 10.2. The highest BCUT2D eigenvalue weighted by atomic mass is 79.9. The first kappa shape index (κ1) is 10.4. The van der Waals surface area contributed by atoms with Crippen molar-refractivity contribution in [2.24, 2.45) is 0 Å². The van der Waals surface area contributed by atoms with Crippen LogP contribution in [0.2, 0.25) is 0 Å². The van der Waals surface area contributed by atoms with Crippen LogP contribution in [-0.2, 0) is 4.74 Å². The largest absolute Gasteiger partial charge is 0.372 e. The zero-order valence-electron chi connectivity index (χ0n) is 7.30. The molecule has 4 heteroatoms. The third-order valence-electron chi connectivity index (χ3n) is 1.97. The van der Waals surface area contributed by atoms with Gasteiger partial charge in [0.05, 0.1) is 12.2 Å². The van der Waals surface area contributed by atoms with Crippen molar-refractivity contribution in [1.29, 1.82) is 0 Å². The maximum Gasteiger partial charge on any atom is 0.102 e. The Morgan fingerprint density at radius 3 is 2.92 bits per heavy atom. The molecule has 0 aromatic carbocycles. The summed E-state index contributed by atoms with van der Waals surface area (Å²) in [5.41, 5.74) is 0. The fourth-order valence-corrected chi connectivity index (χ4v) is 1.89. The molecule has 0 aromatic heterocycles. The first-order valence-corrected chi connectivity index (χ1v) is 5.38. The minimum Gasteiger partial charge on any atom is -0.372 e. The lowest BCUT2D eigenvalue weighted by molar-refractivity contribution is -0.0660. The molecule has 0 N–H and O–H groups in total. The van der Waals surface area contributed by atoms with E-state index in [-0.39, 0.29) is 18.9 Å². The van der Waals surface area contributed by atoms with Crippen LogP contribution in [0.4, 0.5) is 4.39 Å². The summed E-state index contributed by atoms with van der Waals surface area (Å²) in [6.45, 7) is 4.01. The van der Waals surface area contributed by atoms with Gasteiger partial charge in [0.1, 0.15) is 6.67 Å². The first-order valence-electron chi connectivity index (χ1n) is 4.26. The summed E-state index contributed by atoms with van der Waals surface area (Å²) >= 11 is 3.37. The quantitative estimate of drug-likeness (QED) is 0.692. The van der Waals surface area contributed by atoms with Gasteiger partial charge in [-0.2, -0.15) is 0 Å². The van der Waals surface area contributed by atoms with E-state index in [9.17, 15) is 4.39 Å². The van der Waals surface area contributed by atoms with Gasteiger partial charge >= 0.3 is 0 Å². The van der Waals surface area contributed by atoms with E-state index in [1.165, 1.54) is 0 Å². The molecule has 0 saturated carbocycles. The normalized spacial score (nSPS) is 32.2. The first-order chi connectivity index (χ1) is 5.76. The predicted molar refractivity (Wildman–Crippen MR) is 50.5 cm³/mol. The highest BCUT2D eigenvalue weighted by Gasteiger charge is 2.23. The number of nitrogens with zero attached hydrogens (tertiary/aromatic N) is 1. The third kappa shape index (κ3) is 2.99. The van der Waals surface area contributed by atoms with Crippen LogP contribution in [0.1, 0.15) is 6.92 Å². The second-order valence-electron chi connectivity index (χ2n) is 3.17. The molecule has 72 valence electrons. The molecule has 1 fully saturated rings. The molecule has 12 heavy (non-hydrogen) atoms. The van der Waals surface area contributed by atoms with Crippen LogP contribution < -0.4 is 0 Å². The highest BCUT2D eigenvalue weighted by Crippen LogP contribution is 2.12. The summed E-state index contributed by atoms with van der Waals surface area (Å²) in [5.74, 6) is 0. The van der Waals surface area contributed by atoms with Crippen molar-refractivity contribution in [1.82, 2.24) is 4.90 Å². The molecule has 0 spiro atoms. The van der Waals surface area contributed by atoms with E-state index >= 15 is 0 Å². The number of halogens is 2. The second-order valence-corrected chi connectivity index (χ2v) is 3.82. The van der Waals surface area contributed by atoms with Gasteiger partial charge in [0, 0.05) is 25.0 Å². The van der Waals surface area contributed by atoms with Crippen LogP contribution in [-0.4, -0.2) is 48.7 Å².